The molecule has 2 aromatic carbocycles. The minimum atomic E-state index is -3.41. The van der Waals surface area contributed by atoms with Crippen LogP contribution in [0.2, 0.25) is 0 Å². The van der Waals surface area contributed by atoms with E-state index in [0.29, 0.717) is 23.0 Å². The molecule has 3 N–H and O–H groups in total. The van der Waals surface area contributed by atoms with Gasteiger partial charge in [0.15, 0.2) is 0 Å². The summed E-state index contributed by atoms with van der Waals surface area (Å²) in [5.41, 5.74) is 5.31. The molecule has 1 aliphatic heterocycles. The van der Waals surface area contributed by atoms with Crippen LogP contribution in [-0.4, -0.2) is 44.1 Å². The fourth-order valence-electron chi connectivity index (χ4n) is 3.38. The molecule has 0 bridgehead atoms. The van der Waals surface area contributed by atoms with Crippen molar-refractivity contribution in [1.29, 1.82) is 0 Å². The fourth-order valence-corrected chi connectivity index (χ4v) is 5.00. The van der Waals surface area contributed by atoms with E-state index in [2.05, 4.69) is 5.32 Å². The summed E-state index contributed by atoms with van der Waals surface area (Å²) in [6.45, 7) is 0.297. The molecule has 0 saturated carbocycles. The summed E-state index contributed by atoms with van der Waals surface area (Å²) in [6, 6.07) is 5.96. The van der Waals surface area contributed by atoms with Gasteiger partial charge in [0.25, 0.3) is 5.91 Å². The molecular formula is C19H20F2IN3O4S. The number of nitrogens with zero attached hydrogens (tertiary/aromatic N) is 1. The van der Waals surface area contributed by atoms with Crippen molar-refractivity contribution in [3.05, 3.63) is 51.1 Å². The zero-order valence-corrected chi connectivity index (χ0v) is 19.0. The molecule has 1 fully saturated rings. The predicted molar refractivity (Wildman–Crippen MR) is 117 cm³/mol. The number of nitrogens with one attached hydrogen (secondary N) is 1. The molecule has 11 heteroatoms. The van der Waals surface area contributed by atoms with Gasteiger partial charge in [-0.25, -0.2) is 17.2 Å². The van der Waals surface area contributed by atoms with E-state index in [4.69, 9.17) is 10.5 Å². The topological polar surface area (TPSA) is 102 Å². The lowest BCUT2D eigenvalue weighted by Crippen LogP contribution is -2.38. The van der Waals surface area contributed by atoms with Crippen molar-refractivity contribution in [2.24, 2.45) is 5.73 Å². The Kier molecular flexibility index (Phi) is 6.82. The van der Waals surface area contributed by atoms with Gasteiger partial charge < -0.3 is 15.8 Å². The Morgan fingerprint density at radius 2 is 2.03 bits per heavy atom. The molecule has 3 rings (SSSR count). The molecule has 2 aromatic rings. The zero-order chi connectivity index (χ0) is 22.1. The Hall–Kier alpha value is -1.99. The maximum atomic E-state index is 14.2. The number of rotatable bonds is 7. The summed E-state index contributed by atoms with van der Waals surface area (Å²) in [4.78, 5) is 12.1. The van der Waals surface area contributed by atoms with Gasteiger partial charge in [0.2, 0.25) is 10.0 Å². The van der Waals surface area contributed by atoms with Crippen molar-refractivity contribution in [3.63, 3.8) is 0 Å². The Morgan fingerprint density at radius 1 is 1.30 bits per heavy atom. The summed E-state index contributed by atoms with van der Waals surface area (Å²) < 4.78 is 59.8. The Labute approximate surface area is 186 Å². The molecule has 1 atom stereocenters. The smallest absolute Gasteiger partial charge is 0.254 e. The number of carbonyl (C=O) groups excluding carboxylic acids is 1. The molecule has 30 heavy (non-hydrogen) atoms. The van der Waals surface area contributed by atoms with Gasteiger partial charge in [-0.05, 0) is 59.7 Å². The third-order valence-corrected chi connectivity index (χ3v) is 6.70. The van der Waals surface area contributed by atoms with E-state index in [1.165, 1.54) is 16.4 Å². The number of hydrogen-bond donors (Lipinski definition) is 2. The second-order valence-electron chi connectivity index (χ2n) is 6.92. The standard InChI is InChI=1S/C19H20F2IN3O4S/c1-30(27,28)25-6-2-3-13(25)10-29-17-8-11(20)7-16(18(17)19(23)26)24-15-5-4-12(22)9-14(15)21/h4-5,7-9,13,24H,2-3,6,10H2,1H3,(H2,23,26). The van der Waals surface area contributed by atoms with Gasteiger partial charge in [-0.2, -0.15) is 4.31 Å². The highest BCUT2D eigenvalue weighted by Crippen LogP contribution is 2.32. The van der Waals surface area contributed by atoms with Crippen LogP contribution in [0.1, 0.15) is 23.2 Å². The third-order valence-electron chi connectivity index (χ3n) is 4.69. The SMILES string of the molecule is CS(=O)(=O)N1CCCC1COc1cc(F)cc(Nc2ccc(I)cc2F)c1C(N)=O. The van der Waals surface area contributed by atoms with Crippen LogP contribution in [0.4, 0.5) is 20.2 Å². The molecule has 1 amide bonds. The number of halogens is 3. The number of carbonyl (C=O) groups is 1. The van der Waals surface area contributed by atoms with E-state index in [-0.39, 0.29) is 29.3 Å². The van der Waals surface area contributed by atoms with Crippen LogP contribution in [0, 0.1) is 15.2 Å². The summed E-state index contributed by atoms with van der Waals surface area (Å²) in [5, 5.41) is 2.69. The Bertz CT molecular complexity index is 1080. The minimum Gasteiger partial charge on any atom is -0.491 e. The van der Waals surface area contributed by atoms with Gasteiger partial charge in [0.05, 0.1) is 23.7 Å². The van der Waals surface area contributed by atoms with Crippen LogP contribution in [0.25, 0.3) is 0 Å². The largest absolute Gasteiger partial charge is 0.491 e. The summed E-state index contributed by atoms with van der Waals surface area (Å²) in [5.74, 6) is -2.35. The highest BCUT2D eigenvalue weighted by atomic mass is 127. The second-order valence-corrected chi connectivity index (χ2v) is 10.1. The summed E-state index contributed by atoms with van der Waals surface area (Å²) in [6.07, 6.45) is 2.36. The molecule has 0 aromatic heterocycles. The quantitative estimate of drug-likeness (QED) is 0.515. The number of primary amides is 1. The van der Waals surface area contributed by atoms with Crippen LogP contribution in [0.5, 0.6) is 5.75 Å². The van der Waals surface area contributed by atoms with E-state index in [0.717, 1.165) is 18.4 Å². The maximum Gasteiger partial charge on any atom is 0.254 e. The number of hydrogen-bond acceptors (Lipinski definition) is 5. The Balaban J connectivity index is 1.90. The third kappa shape index (κ3) is 5.19. The van der Waals surface area contributed by atoms with E-state index in [1.54, 1.807) is 6.07 Å². The molecule has 1 saturated heterocycles. The molecule has 0 aliphatic carbocycles. The summed E-state index contributed by atoms with van der Waals surface area (Å²) in [7, 11) is -3.41. The number of nitrogens with two attached hydrogens (primary N) is 1. The molecule has 0 radical (unpaired) electrons. The monoisotopic (exact) mass is 551 g/mol. The molecule has 1 unspecified atom stereocenters. The van der Waals surface area contributed by atoms with Crippen LogP contribution >= 0.6 is 22.6 Å². The first-order chi connectivity index (χ1) is 14.1. The van der Waals surface area contributed by atoms with Gasteiger partial charge >= 0.3 is 0 Å². The normalized spacial score (nSPS) is 17.1. The van der Waals surface area contributed by atoms with Crippen molar-refractivity contribution in [3.8, 4) is 5.75 Å². The highest BCUT2D eigenvalue weighted by Gasteiger charge is 2.32. The van der Waals surface area contributed by atoms with Crippen LogP contribution in [0.3, 0.4) is 0 Å². The van der Waals surface area contributed by atoms with E-state index < -0.39 is 33.6 Å². The maximum absolute atomic E-state index is 14.2. The number of sulfonamides is 1. The molecular weight excluding hydrogens is 531 g/mol. The lowest BCUT2D eigenvalue weighted by molar-refractivity contribution is 0.0996. The molecule has 1 heterocycles. The minimum absolute atomic E-state index is 0.0357. The number of anilines is 2. The average Bonchev–Trinajstić information content (AvgIpc) is 3.10. The van der Waals surface area contributed by atoms with Crippen LogP contribution in [-0.2, 0) is 10.0 Å². The zero-order valence-electron chi connectivity index (χ0n) is 16.0. The summed E-state index contributed by atoms with van der Waals surface area (Å²) >= 11 is 1.95. The lowest BCUT2D eigenvalue weighted by atomic mass is 10.1. The number of amides is 1. The van der Waals surface area contributed by atoms with Gasteiger partial charge in [-0.3, -0.25) is 4.79 Å². The number of ether oxygens (including phenoxy) is 1. The molecule has 7 nitrogen and oxygen atoms in total. The van der Waals surface area contributed by atoms with Gasteiger partial charge in [-0.15, -0.1) is 0 Å². The number of benzene rings is 2. The van der Waals surface area contributed by atoms with Crippen LogP contribution < -0.4 is 15.8 Å². The van der Waals surface area contributed by atoms with Gasteiger partial charge in [0.1, 0.15) is 29.6 Å². The van der Waals surface area contributed by atoms with Crippen molar-refractivity contribution in [2.45, 2.75) is 18.9 Å². The van der Waals surface area contributed by atoms with Crippen molar-refractivity contribution < 1.29 is 26.7 Å². The Morgan fingerprint density at radius 3 is 2.67 bits per heavy atom. The van der Waals surface area contributed by atoms with E-state index in [1.807, 2.05) is 22.6 Å². The van der Waals surface area contributed by atoms with Gasteiger partial charge in [0, 0.05) is 16.2 Å². The predicted octanol–water partition coefficient (Wildman–Crippen LogP) is 3.21. The first-order valence-electron chi connectivity index (χ1n) is 9.01. The van der Waals surface area contributed by atoms with Crippen LogP contribution in [0.15, 0.2) is 30.3 Å². The van der Waals surface area contributed by atoms with Crippen molar-refractivity contribution >= 4 is 49.9 Å². The van der Waals surface area contributed by atoms with Gasteiger partial charge in [-0.1, -0.05) is 0 Å². The molecule has 0 spiro atoms. The first kappa shape index (κ1) is 22.7. The van der Waals surface area contributed by atoms with Crippen molar-refractivity contribution in [1.82, 2.24) is 4.31 Å². The second kappa shape index (κ2) is 9.02. The molecule has 1 aliphatic rings. The molecule has 162 valence electrons. The van der Waals surface area contributed by atoms with E-state index >= 15 is 0 Å². The average molecular weight is 551 g/mol. The van der Waals surface area contributed by atoms with Crippen molar-refractivity contribution in [2.75, 3.05) is 24.7 Å². The first-order valence-corrected chi connectivity index (χ1v) is 11.9. The fraction of sp³-hybridized carbons (Fsp3) is 0.316. The van der Waals surface area contributed by atoms with E-state index in [9.17, 15) is 22.0 Å². The lowest BCUT2D eigenvalue weighted by Gasteiger charge is -2.23. The highest BCUT2D eigenvalue weighted by molar-refractivity contribution is 14.1.